The molecular weight excluding hydrogens is 392 g/mol. The fourth-order valence-electron chi connectivity index (χ4n) is 2.51. The molecule has 0 amide bonds. The van der Waals surface area contributed by atoms with Gasteiger partial charge >= 0.3 is 5.97 Å². The van der Waals surface area contributed by atoms with Crippen molar-refractivity contribution in [1.29, 1.82) is 0 Å². The average Bonchev–Trinajstić information content (AvgIpc) is 3.03. The first kappa shape index (κ1) is 19.2. The lowest BCUT2D eigenvalue weighted by Crippen LogP contribution is -2.05. The van der Waals surface area contributed by atoms with Crippen molar-refractivity contribution >= 4 is 40.6 Å². The molecule has 0 saturated carbocycles. The van der Waals surface area contributed by atoms with E-state index in [1.165, 1.54) is 30.0 Å². The summed E-state index contributed by atoms with van der Waals surface area (Å²) in [6, 6.07) is 7.13. The minimum Gasteiger partial charge on any atom is -0.481 e. The number of aryl methyl sites for hydroxylation is 1. The van der Waals surface area contributed by atoms with Gasteiger partial charge in [0.15, 0.2) is 11.0 Å². The van der Waals surface area contributed by atoms with Gasteiger partial charge in [0.1, 0.15) is 11.6 Å². The van der Waals surface area contributed by atoms with Crippen LogP contribution in [0.4, 0.5) is 20.3 Å². The van der Waals surface area contributed by atoms with Gasteiger partial charge in [0.2, 0.25) is 0 Å². The van der Waals surface area contributed by atoms with Crippen LogP contribution < -0.4 is 5.32 Å². The summed E-state index contributed by atoms with van der Waals surface area (Å²) in [4.78, 5) is 20.9. The van der Waals surface area contributed by atoms with E-state index in [0.717, 1.165) is 16.2 Å². The number of thiophene rings is 1. The molecule has 27 heavy (non-hydrogen) atoms. The Morgan fingerprint density at radius 1 is 1.26 bits per heavy atom. The number of hydrogen-bond donors (Lipinski definition) is 2. The Hall–Kier alpha value is -2.52. The fourth-order valence-corrected chi connectivity index (χ4v) is 3.80. The highest BCUT2D eigenvalue weighted by molar-refractivity contribution is 7.98. The second kappa shape index (κ2) is 8.01. The highest BCUT2D eigenvalue weighted by Gasteiger charge is 2.16. The molecule has 2 N–H and O–H groups in total. The quantitative estimate of drug-likeness (QED) is 0.567. The van der Waals surface area contributed by atoms with Gasteiger partial charge in [-0.15, -0.1) is 23.1 Å². The van der Waals surface area contributed by atoms with Crippen molar-refractivity contribution in [3.8, 4) is 10.7 Å². The van der Waals surface area contributed by atoms with E-state index in [-0.39, 0.29) is 17.2 Å². The minimum atomic E-state index is -1.03. The van der Waals surface area contributed by atoms with Crippen molar-refractivity contribution in [2.24, 2.45) is 0 Å². The second-order valence-corrected chi connectivity index (χ2v) is 7.48. The Kier molecular flexibility index (Phi) is 5.71. The lowest BCUT2D eigenvalue weighted by Gasteiger charge is -2.14. The molecule has 140 valence electrons. The van der Waals surface area contributed by atoms with E-state index in [9.17, 15) is 13.6 Å². The molecule has 0 aliphatic carbocycles. The highest BCUT2D eigenvalue weighted by atomic mass is 32.2. The maximum atomic E-state index is 14.4. The van der Waals surface area contributed by atoms with Crippen LogP contribution in [0.3, 0.4) is 0 Å². The molecule has 0 atom stereocenters. The summed E-state index contributed by atoms with van der Waals surface area (Å²) in [7, 11) is 0. The van der Waals surface area contributed by atoms with Gasteiger partial charge in [-0.25, -0.2) is 14.4 Å². The maximum Gasteiger partial charge on any atom is 0.307 e. The Labute approximate surface area is 162 Å². The van der Waals surface area contributed by atoms with Crippen LogP contribution in [-0.2, 0) is 11.2 Å². The molecule has 0 aliphatic rings. The summed E-state index contributed by atoms with van der Waals surface area (Å²) in [6.45, 7) is 1.80. The third-order valence-electron chi connectivity index (χ3n) is 3.67. The van der Waals surface area contributed by atoms with E-state index in [1.807, 2.05) is 6.26 Å². The molecule has 9 heteroatoms. The topological polar surface area (TPSA) is 75.1 Å². The zero-order valence-electron chi connectivity index (χ0n) is 14.4. The molecule has 0 fully saturated rings. The number of halogens is 2. The number of benzene rings is 1. The molecule has 3 aromatic rings. The smallest absolute Gasteiger partial charge is 0.307 e. The Morgan fingerprint density at radius 2 is 2.04 bits per heavy atom. The van der Waals surface area contributed by atoms with Crippen molar-refractivity contribution in [2.75, 3.05) is 11.6 Å². The van der Waals surface area contributed by atoms with Crippen molar-refractivity contribution in [3.05, 3.63) is 52.5 Å². The molecule has 3 rings (SSSR count). The van der Waals surface area contributed by atoms with Crippen LogP contribution in [0.2, 0.25) is 0 Å². The Balaban J connectivity index is 1.98. The van der Waals surface area contributed by atoms with E-state index in [2.05, 4.69) is 15.3 Å². The van der Waals surface area contributed by atoms with Crippen LogP contribution >= 0.6 is 23.1 Å². The van der Waals surface area contributed by atoms with Gasteiger partial charge in [0.25, 0.3) is 0 Å². The number of aliphatic carboxylic acids is 1. The van der Waals surface area contributed by atoms with Crippen LogP contribution in [0.1, 0.15) is 11.3 Å². The van der Waals surface area contributed by atoms with Crippen molar-refractivity contribution in [2.45, 2.75) is 18.2 Å². The number of aromatic nitrogens is 2. The van der Waals surface area contributed by atoms with Crippen molar-refractivity contribution in [1.82, 2.24) is 9.97 Å². The number of nitrogens with one attached hydrogen (secondary N) is 1. The van der Waals surface area contributed by atoms with Crippen LogP contribution in [0.15, 0.2) is 35.2 Å². The zero-order chi connectivity index (χ0) is 19.6. The number of thioether (sulfide) groups is 1. The summed E-state index contributed by atoms with van der Waals surface area (Å²) < 4.78 is 27.7. The predicted octanol–water partition coefficient (Wildman–Crippen LogP) is 4.88. The molecule has 0 spiro atoms. The van der Waals surface area contributed by atoms with E-state index in [0.29, 0.717) is 27.8 Å². The number of carboxylic acids is 1. The normalized spacial score (nSPS) is 10.8. The van der Waals surface area contributed by atoms with Gasteiger partial charge < -0.3 is 10.4 Å². The highest BCUT2D eigenvalue weighted by Crippen LogP contribution is 2.33. The first-order chi connectivity index (χ1) is 12.9. The molecular formula is C18H15F2N3O2S2. The SMILES string of the molecule is CSc1c(C)nc(-c2ccc(F)s2)nc1Nc1ccc(CC(=O)O)cc1F. The maximum absolute atomic E-state index is 14.4. The molecule has 0 unspecified atom stereocenters. The van der Waals surface area contributed by atoms with Gasteiger partial charge in [0, 0.05) is 0 Å². The lowest BCUT2D eigenvalue weighted by atomic mass is 10.1. The second-order valence-electron chi connectivity index (χ2n) is 5.63. The summed E-state index contributed by atoms with van der Waals surface area (Å²) >= 11 is 2.34. The third kappa shape index (κ3) is 4.42. The molecule has 0 saturated heterocycles. The van der Waals surface area contributed by atoms with Crippen LogP contribution in [0, 0.1) is 17.9 Å². The largest absolute Gasteiger partial charge is 0.481 e. The van der Waals surface area contributed by atoms with Crippen LogP contribution in [0.5, 0.6) is 0 Å². The number of nitrogens with zero attached hydrogens (tertiary/aromatic N) is 2. The standard InChI is InChI=1S/C18H15F2N3O2S2/c1-9-16(26-2)18(23-17(21-9)13-5-6-14(20)27-13)22-12-4-3-10(7-11(12)19)8-15(24)25/h3-7H,8H2,1-2H3,(H,24,25)(H,21,22,23). The van der Waals surface area contributed by atoms with Crippen molar-refractivity contribution in [3.63, 3.8) is 0 Å². The summed E-state index contributed by atoms with van der Waals surface area (Å²) in [5, 5.41) is 11.4. The molecule has 0 radical (unpaired) electrons. The first-order valence-corrected chi connectivity index (χ1v) is 9.87. The van der Waals surface area contributed by atoms with Gasteiger partial charge in [-0.2, -0.15) is 4.39 Å². The summed E-state index contributed by atoms with van der Waals surface area (Å²) in [6.07, 6.45) is 1.60. The average molecular weight is 407 g/mol. The van der Waals surface area contributed by atoms with Gasteiger partial charge in [0.05, 0.1) is 27.6 Å². The van der Waals surface area contributed by atoms with Gasteiger partial charge in [-0.3, -0.25) is 4.79 Å². The molecule has 1 aromatic carbocycles. The fraction of sp³-hybridized carbons (Fsp3) is 0.167. The predicted molar refractivity (Wildman–Crippen MR) is 103 cm³/mol. The van der Waals surface area contributed by atoms with Gasteiger partial charge in [-0.1, -0.05) is 6.07 Å². The summed E-state index contributed by atoms with van der Waals surface area (Å²) in [5.41, 5.74) is 1.22. The first-order valence-electron chi connectivity index (χ1n) is 7.83. The van der Waals surface area contributed by atoms with Crippen LogP contribution in [-0.4, -0.2) is 27.3 Å². The Bertz CT molecular complexity index is 1010. The van der Waals surface area contributed by atoms with Crippen LogP contribution in [0.25, 0.3) is 10.7 Å². The lowest BCUT2D eigenvalue weighted by molar-refractivity contribution is -0.136. The van der Waals surface area contributed by atoms with Crippen molar-refractivity contribution < 1.29 is 18.7 Å². The number of hydrogen-bond acceptors (Lipinski definition) is 6. The third-order valence-corrected chi connectivity index (χ3v) is 5.44. The summed E-state index contributed by atoms with van der Waals surface area (Å²) in [5.74, 6) is -0.854. The Morgan fingerprint density at radius 3 is 2.63 bits per heavy atom. The molecule has 5 nitrogen and oxygen atoms in total. The number of anilines is 2. The number of rotatable bonds is 6. The molecule has 2 aromatic heterocycles. The monoisotopic (exact) mass is 407 g/mol. The number of carbonyl (C=O) groups is 1. The van der Waals surface area contributed by atoms with E-state index in [1.54, 1.807) is 19.1 Å². The van der Waals surface area contributed by atoms with Gasteiger partial charge in [-0.05, 0) is 43.0 Å². The number of carboxylic acid groups (broad SMARTS) is 1. The minimum absolute atomic E-state index is 0.167. The van der Waals surface area contributed by atoms with E-state index < -0.39 is 11.8 Å². The molecule has 0 aliphatic heterocycles. The molecule has 2 heterocycles. The zero-order valence-corrected chi connectivity index (χ0v) is 16.0. The molecule has 0 bridgehead atoms. The van der Waals surface area contributed by atoms with E-state index >= 15 is 0 Å². The van der Waals surface area contributed by atoms with E-state index in [4.69, 9.17) is 5.11 Å².